The summed E-state index contributed by atoms with van der Waals surface area (Å²) in [6.45, 7) is 1.09. The highest BCUT2D eigenvalue weighted by Crippen LogP contribution is 2.24. The second-order valence-corrected chi connectivity index (χ2v) is 6.63. The molecule has 0 aliphatic carbocycles. The van der Waals surface area contributed by atoms with Crippen LogP contribution in [0.25, 0.3) is 11.1 Å². The number of fused-ring (bicyclic) bond motifs is 1. The number of nitrogen functional groups attached to an aromatic ring is 1. The molecule has 1 saturated heterocycles. The molecule has 19 heavy (non-hydrogen) atoms. The second-order valence-electron chi connectivity index (χ2n) is 4.72. The van der Waals surface area contributed by atoms with E-state index in [1.54, 1.807) is 18.2 Å². The predicted octanol–water partition coefficient (Wildman–Crippen LogP) is 1.22. The Morgan fingerprint density at radius 3 is 3.00 bits per heavy atom. The van der Waals surface area contributed by atoms with Crippen LogP contribution < -0.4 is 5.73 Å². The quantitative estimate of drug-likeness (QED) is 0.850. The Kier molecular flexibility index (Phi) is 2.94. The molecular weight excluding hydrogens is 268 g/mol. The van der Waals surface area contributed by atoms with Crippen molar-refractivity contribution in [1.29, 1.82) is 0 Å². The summed E-state index contributed by atoms with van der Waals surface area (Å²) >= 11 is 0. The molecule has 2 aromatic rings. The van der Waals surface area contributed by atoms with Crippen molar-refractivity contribution in [2.75, 3.05) is 24.7 Å². The predicted molar refractivity (Wildman–Crippen MR) is 69.4 cm³/mol. The van der Waals surface area contributed by atoms with Gasteiger partial charge in [0.1, 0.15) is 5.52 Å². The van der Waals surface area contributed by atoms with Gasteiger partial charge in [0.25, 0.3) is 0 Å². The van der Waals surface area contributed by atoms with Gasteiger partial charge in [-0.1, -0.05) is 0 Å². The average molecular weight is 282 g/mol. The normalized spacial score (nSPS) is 20.1. The number of anilines is 1. The Morgan fingerprint density at radius 1 is 1.42 bits per heavy atom. The minimum Gasteiger partial charge on any atom is -0.428 e. The van der Waals surface area contributed by atoms with E-state index in [0.29, 0.717) is 30.0 Å². The van der Waals surface area contributed by atoms with Crippen molar-refractivity contribution in [1.82, 2.24) is 4.98 Å². The van der Waals surface area contributed by atoms with Gasteiger partial charge in [-0.25, -0.2) is 8.42 Å². The lowest BCUT2D eigenvalue weighted by molar-refractivity contribution is 0.188. The summed E-state index contributed by atoms with van der Waals surface area (Å²) in [6.07, 6.45) is 0.756. The maximum absolute atomic E-state index is 12.2. The van der Waals surface area contributed by atoms with E-state index in [0.717, 1.165) is 6.42 Å². The monoisotopic (exact) mass is 282 g/mol. The van der Waals surface area contributed by atoms with Gasteiger partial charge in [0.2, 0.25) is 9.84 Å². The lowest BCUT2D eigenvalue weighted by Crippen LogP contribution is -2.16. The van der Waals surface area contributed by atoms with Crippen LogP contribution in [0.2, 0.25) is 0 Å². The Hall–Kier alpha value is -1.60. The fourth-order valence-corrected chi connectivity index (χ4v) is 3.63. The van der Waals surface area contributed by atoms with E-state index in [2.05, 4.69) is 4.98 Å². The molecule has 1 aromatic heterocycles. The average Bonchev–Trinajstić information content (AvgIpc) is 2.96. The molecule has 1 aliphatic rings. The standard InChI is InChI=1S/C12H14N2O4S/c13-9-1-2-10-11(5-9)18-12(14-10)19(15,16)7-8-3-4-17-6-8/h1-2,5,8H,3-4,6-7,13H2. The van der Waals surface area contributed by atoms with Crippen molar-refractivity contribution < 1.29 is 17.6 Å². The van der Waals surface area contributed by atoms with Gasteiger partial charge in [-0.2, -0.15) is 4.98 Å². The molecule has 102 valence electrons. The number of hydrogen-bond acceptors (Lipinski definition) is 6. The lowest BCUT2D eigenvalue weighted by Gasteiger charge is -2.04. The van der Waals surface area contributed by atoms with Crippen LogP contribution in [0.4, 0.5) is 5.69 Å². The third kappa shape index (κ3) is 2.43. The highest BCUT2D eigenvalue weighted by atomic mass is 32.2. The number of nitrogens with zero attached hydrogens (tertiary/aromatic N) is 1. The van der Waals surface area contributed by atoms with Crippen molar-refractivity contribution >= 4 is 26.6 Å². The molecular formula is C12H14N2O4S. The summed E-state index contributed by atoms with van der Waals surface area (Å²) in [4.78, 5) is 4.02. The summed E-state index contributed by atoms with van der Waals surface area (Å²) in [5.41, 5.74) is 7.02. The highest BCUT2D eigenvalue weighted by molar-refractivity contribution is 7.91. The summed E-state index contributed by atoms with van der Waals surface area (Å²) in [5, 5.41) is -0.236. The molecule has 1 atom stereocenters. The van der Waals surface area contributed by atoms with Crippen LogP contribution in [0.5, 0.6) is 0 Å². The minimum atomic E-state index is -3.52. The molecule has 2 heterocycles. The molecule has 0 amide bonds. The first-order chi connectivity index (χ1) is 9.04. The van der Waals surface area contributed by atoms with Crippen LogP contribution in [-0.2, 0) is 14.6 Å². The van der Waals surface area contributed by atoms with Crippen LogP contribution in [0.1, 0.15) is 6.42 Å². The number of rotatable bonds is 3. The van der Waals surface area contributed by atoms with E-state index in [1.165, 1.54) is 0 Å². The van der Waals surface area contributed by atoms with Crippen LogP contribution in [0.3, 0.4) is 0 Å². The van der Waals surface area contributed by atoms with Crippen LogP contribution in [0.15, 0.2) is 27.8 Å². The zero-order valence-electron chi connectivity index (χ0n) is 10.2. The highest BCUT2D eigenvalue weighted by Gasteiger charge is 2.28. The molecule has 2 N–H and O–H groups in total. The Morgan fingerprint density at radius 2 is 2.26 bits per heavy atom. The summed E-state index contributed by atoms with van der Waals surface area (Å²) in [6, 6.07) is 4.87. The van der Waals surface area contributed by atoms with E-state index < -0.39 is 9.84 Å². The topological polar surface area (TPSA) is 95.4 Å². The van der Waals surface area contributed by atoms with Crippen molar-refractivity contribution in [3.8, 4) is 0 Å². The summed E-state index contributed by atoms with van der Waals surface area (Å²) < 4.78 is 34.9. The molecule has 1 fully saturated rings. The first kappa shape index (κ1) is 12.4. The molecule has 1 unspecified atom stereocenters. The van der Waals surface area contributed by atoms with Gasteiger partial charge in [0.05, 0.1) is 12.4 Å². The molecule has 7 heteroatoms. The van der Waals surface area contributed by atoms with Gasteiger partial charge in [0, 0.05) is 18.4 Å². The maximum Gasteiger partial charge on any atom is 0.316 e. The fourth-order valence-electron chi connectivity index (χ4n) is 2.15. The van der Waals surface area contributed by atoms with E-state index >= 15 is 0 Å². The SMILES string of the molecule is Nc1ccc2nc(S(=O)(=O)CC3CCOC3)oc2c1. The zero-order chi connectivity index (χ0) is 13.5. The van der Waals surface area contributed by atoms with Crippen molar-refractivity contribution in [3.05, 3.63) is 18.2 Å². The van der Waals surface area contributed by atoms with Crippen molar-refractivity contribution in [2.24, 2.45) is 5.92 Å². The molecule has 0 saturated carbocycles. The van der Waals surface area contributed by atoms with Gasteiger partial charge in [-0.05, 0) is 24.5 Å². The van der Waals surface area contributed by atoms with Gasteiger partial charge in [-0.3, -0.25) is 0 Å². The van der Waals surface area contributed by atoms with E-state index in [9.17, 15) is 8.42 Å². The maximum atomic E-state index is 12.2. The molecule has 0 spiro atoms. The number of nitrogens with two attached hydrogens (primary N) is 1. The Balaban J connectivity index is 1.93. The molecule has 1 aromatic carbocycles. The number of hydrogen-bond donors (Lipinski definition) is 1. The van der Waals surface area contributed by atoms with Crippen molar-refractivity contribution in [2.45, 2.75) is 11.6 Å². The first-order valence-corrected chi connectivity index (χ1v) is 7.66. The van der Waals surface area contributed by atoms with Gasteiger partial charge < -0.3 is 14.9 Å². The van der Waals surface area contributed by atoms with Crippen molar-refractivity contribution in [3.63, 3.8) is 0 Å². The number of ether oxygens (including phenoxy) is 1. The molecule has 6 nitrogen and oxygen atoms in total. The van der Waals surface area contributed by atoms with Crippen LogP contribution in [-0.4, -0.2) is 32.4 Å². The third-order valence-corrected chi connectivity index (χ3v) is 4.75. The molecule has 1 aliphatic heterocycles. The smallest absolute Gasteiger partial charge is 0.316 e. The van der Waals surface area contributed by atoms with Gasteiger partial charge in [0.15, 0.2) is 5.58 Å². The van der Waals surface area contributed by atoms with Gasteiger partial charge >= 0.3 is 5.22 Å². The van der Waals surface area contributed by atoms with E-state index in [4.69, 9.17) is 14.9 Å². The lowest BCUT2D eigenvalue weighted by atomic mass is 10.2. The molecule has 0 bridgehead atoms. The summed E-state index contributed by atoms with van der Waals surface area (Å²) in [7, 11) is -3.52. The Bertz CT molecular complexity index is 702. The zero-order valence-corrected chi connectivity index (χ0v) is 11.0. The number of oxazole rings is 1. The van der Waals surface area contributed by atoms with E-state index in [-0.39, 0.29) is 16.9 Å². The van der Waals surface area contributed by atoms with Gasteiger partial charge in [-0.15, -0.1) is 0 Å². The number of sulfone groups is 1. The van der Waals surface area contributed by atoms with E-state index in [1.807, 2.05) is 0 Å². The van der Waals surface area contributed by atoms with Crippen LogP contribution >= 0.6 is 0 Å². The molecule has 3 rings (SSSR count). The largest absolute Gasteiger partial charge is 0.428 e. The Labute approximate surface area is 110 Å². The minimum absolute atomic E-state index is 0.00923. The number of benzene rings is 1. The second kappa shape index (κ2) is 4.50. The van der Waals surface area contributed by atoms with Crippen LogP contribution in [0, 0.1) is 5.92 Å². The fraction of sp³-hybridized carbons (Fsp3) is 0.417. The third-order valence-electron chi connectivity index (χ3n) is 3.14. The first-order valence-electron chi connectivity index (χ1n) is 6.01. The molecule has 0 radical (unpaired) electrons. The summed E-state index contributed by atoms with van der Waals surface area (Å²) in [5.74, 6) is 0.0278. The number of aromatic nitrogens is 1.